The number of primary amides is 1. The molecule has 1 aromatic heterocycles. The average molecular weight is 729 g/mol. The van der Waals surface area contributed by atoms with Crippen molar-refractivity contribution in [1.29, 1.82) is 0 Å². The monoisotopic (exact) mass is 728 g/mol. The number of aromatic nitrogens is 1. The third-order valence-corrected chi connectivity index (χ3v) is 10.6. The van der Waals surface area contributed by atoms with Crippen molar-refractivity contribution in [1.82, 2.24) is 15.2 Å². The minimum atomic E-state index is -1.71. The van der Waals surface area contributed by atoms with Gasteiger partial charge in [0.25, 0.3) is 0 Å². The van der Waals surface area contributed by atoms with Crippen LogP contribution in [-0.2, 0) is 46.4 Å². The lowest BCUT2D eigenvalue weighted by atomic mass is 9.81. The number of ether oxygens (including phenoxy) is 2. The summed E-state index contributed by atoms with van der Waals surface area (Å²) < 4.78 is 11.7. The second-order valence-corrected chi connectivity index (χ2v) is 14.4. The van der Waals surface area contributed by atoms with E-state index < -0.39 is 29.5 Å². The summed E-state index contributed by atoms with van der Waals surface area (Å²) in [4.78, 5) is 71.5. The van der Waals surface area contributed by atoms with Gasteiger partial charge in [0, 0.05) is 47.1 Å². The van der Waals surface area contributed by atoms with E-state index in [9.17, 15) is 29.1 Å². The second-order valence-electron chi connectivity index (χ2n) is 14.4. The quantitative estimate of drug-likeness (QED) is 0.125. The molecule has 3 aliphatic heterocycles. The molecular weight excluding hydrogens is 676 g/mol. The molecule has 0 radical (unpaired) electrons. The summed E-state index contributed by atoms with van der Waals surface area (Å²) in [6.07, 6.45) is 7.71. The van der Waals surface area contributed by atoms with Crippen molar-refractivity contribution >= 4 is 46.1 Å². The van der Waals surface area contributed by atoms with E-state index in [1.54, 1.807) is 32.0 Å². The molecule has 3 aliphatic rings. The highest BCUT2D eigenvalue weighted by molar-refractivity contribution is 5.95. The van der Waals surface area contributed by atoms with Gasteiger partial charge in [-0.2, -0.15) is 0 Å². The van der Waals surface area contributed by atoms with Gasteiger partial charge in [-0.3, -0.25) is 19.2 Å². The molecule has 53 heavy (non-hydrogen) atoms. The van der Waals surface area contributed by atoms with Gasteiger partial charge in [-0.1, -0.05) is 60.0 Å². The number of nitrogens with zero attached hydrogens (tertiary/aromatic N) is 2. The number of rotatable bonds is 18. The predicted octanol–water partition coefficient (Wildman–Crippen LogP) is 5.83. The summed E-state index contributed by atoms with van der Waals surface area (Å²) >= 11 is 0. The van der Waals surface area contributed by atoms with Crippen molar-refractivity contribution in [3.8, 4) is 5.75 Å². The van der Waals surface area contributed by atoms with Crippen LogP contribution in [0, 0.1) is 5.92 Å². The number of phenols is 1. The number of hydrogen-bond acceptors (Lipinski definition) is 10. The molecule has 0 spiro atoms. The highest BCUT2D eigenvalue weighted by Gasteiger charge is 2.52. The van der Waals surface area contributed by atoms with E-state index in [2.05, 4.69) is 25.7 Å². The van der Waals surface area contributed by atoms with Gasteiger partial charge in [0.05, 0.1) is 35.9 Å². The van der Waals surface area contributed by atoms with Crippen LogP contribution in [0.2, 0.25) is 0 Å². The molecule has 0 bridgehead atoms. The van der Waals surface area contributed by atoms with Crippen LogP contribution in [0.5, 0.6) is 5.75 Å². The van der Waals surface area contributed by atoms with Gasteiger partial charge in [-0.15, -0.1) is 0 Å². The lowest BCUT2D eigenvalue weighted by molar-refractivity contribution is -0.180. The Labute approximate surface area is 310 Å². The van der Waals surface area contributed by atoms with Gasteiger partial charge in [-0.05, 0) is 61.4 Å². The van der Waals surface area contributed by atoms with Gasteiger partial charge in [0.2, 0.25) is 17.4 Å². The number of aryl methyl sites for hydroxylation is 1. The first-order chi connectivity index (χ1) is 25.3. The SMILES string of the molecule is C=C1C2=C(C=C3c4nc5ccc(O)cc5c(CC)c4CN13)[C@](CC)(OC(=O)CC[C@H](C)CC(=O)[C@@H](CC(N)=O)NC(=O)CCCCCCC)C(=O)OC2. The van der Waals surface area contributed by atoms with Crippen molar-refractivity contribution in [3.63, 3.8) is 0 Å². The summed E-state index contributed by atoms with van der Waals surface area (Å²) in [5, 5.41) is 13.8. The maximum Gasteiger partial charge on any atom is 0.355 e. The summed E-state index contributed by atoms with van der Waals surface area (Å²) in [5.74, 6) is -2.75. The molecular formula is C41H52N4O8. The first-order valence-corrected chi connectivity index (χ1v) is 18.9. The van der Waals surface area contributed by atoms with E-state index >= 15 is 0 Å². The number of carbonyl (C=O) groups excluding carboxylic acids is 5. The standard InChI is InChI=1S/C41H52N4O8/c1-6-9-10-11-12-13-37(49)43-33(21-36(42)48)35(47)18-24(4)14-17-38(50)53-41(8-3)31-20-34-39-29(22-45(34)25(5)30(31)23-52-40(41)51)27(7-2)28-19-26(46)15-16-32(28)44-39/h15-16,19-20,24,33,46H,5-14,17-18,21-23H2,1-4H3,(H2,42,48)(H,43,49)/t24-,33+,41-/m0/s1. The molecule has 12 nitrogen and oxygen atoms in total. The van der Waals surface area contributed by atoms with E-state index in [1.165, 1.54) is 0 Å². The fraction of sp³-hybridized carbons (Fsp3) is 0.512. The molecule has 5 rings (SSSR count). The van der Waals surface area contributed by atoms with Crippen LogP contribution in [0.15, 0.2) is 47.7 Å². The number of fused-ring (bicyclic) bond motifs is 4. The lowest BCUT2D eigenvalue weighted by Crippen LogP contribution is -2.50. The molecule has 4 heterocycles. The lowest BCUT2D eigenvalue weighted by Gasteiger charge is -2.41. The van der Waals surface area contributed by atoms with E-state index in [4.69, 9.17) is 20.2 Å². The van der Waals surface area contributed by atoms with Gasteiger partial charge in [0.1, 0.15) is 12.4 Å². The molecule has 0 saturated carbocycles. The van der Waals surface area contributed by atoms with Crippen molar-refractivity contribution in [2.45, 2.75) is 123 Å². The van der Waals surface area contributed by atoms with Crippen LogP contribution in [0.1, 0.15) is 115 Å². The Kier molecular flexibility index (Phi) is 12.4. The summed E-state index contributed by atoms with van der Waals surface area (Å²) in [7, 11) is 0. The molecule has 2 aromatic rings. The number of phenolic OH excluding ortho intramolecular Hbond substituents is 1. The van der Waals surface area contributed by atoms with Crippen LogP contribution in [0.25, 0.3) is 16.6 Å². The summed E-state index contributed by atoms with van der Waals surface area (Å²) in [6.45, 7) is 12.6. The van der Waals surface area contributed by atoms with Crippen LogP contribution in [0.4, 0.5) is 0 Å². The maximum atomic E-state index is 13.6. The minimum Gasteiger partial charge on any atom is -0.508 e. The highest BCUT2D eigenvalue weighted by atomic mass is 16.6. The Bertz CT molecular complexity index is 1880. The molecule has 284 valence electrons. The Morgan fingerprint density at radius 2 is 1.87 bits per heavy atom. The van der Waals surface area contributed by atoms with Crippen LogP contribution >= 0.6 is 0 Å². The first kappa shape index (κ1) is 39.2. The molecule has 12 heteroatoms. The number of Topliss-reactive ketones (excluding diaryl/α,β-unsaturated/α-hetero) is 1. The number of amides is 2. The second kappa shape index (κ2) is 16.8. The van der Waals surface area contributed by atoms with Crippen LogP contribution in [0.3, 0.4) is 0 Å². The number of carbonyl (C=O) groups is 5. The number of nitrogens with two attached hydrogens (primary N) is 1. The fourth-order valence-electron chi connectivity index (χ4n) is 7.63. The van der Waals surface area contributed by atoms with Crippen molar-refractivity contribution in [3.05, 3.63) is 64.5 Å². The van der Waals surface area contributed by atoms with E-state index in [-0.39, 0.29) is 68.5 Å². The Balaban J connectivity index is 1.29. The van der Waals surface area contributed by atoms with Gasteiger partial charge in [0.15, 0.2) is 5.78 Å². The number of cyclic esters (lactones) is 1. The van der Waals surface area contributed by atoms with Crippen molar-refractivity contribution in [2.75, 3.05) is 6.61 Å². The zero-order valence-corrected chi connectivity index (χ0v) is 31.3. The number of aromatic hydroxyl groups is 1. The van der Waals surface area contributed by atoms with Crippen molar-refractivity contribution in [2.24, 2.45) is 11.7 Å². The topological polar surface area (TPSA) is 178 Å². The third kappa shape index (κ3) is 8.31. The Morgan fingerprint density at radius 1 is 1.11 bits per heavy atom. The molecule has 0 aliphatic carbocycles. The molecule has 1 aromatic carbocycles. The molecule has 3 atom stereocenters. The third-order valence-electron chi connectivity index (χ3n) is 10.6. The van der Waals surface area contributed by atoms with Gasteiger partial charge in [-0.25, -0.2) is 9.78 Å². The zero-order valence-electron chi connectivity index (χ0n) is 31.3. The zero-order chi connectivity index (χ0) is 38.4. The highest BCUT2D eigenvalue weighted by Crippen LogP contribution is 2.48. The normalized spacial score (nSPS) is 18.8. The van der Waals surface area contributed by atoms with E-state index in [0.29, 0.717) is 36.2 Å². The average Bonchev–Trinajstić information content (AvgIpc) is 3.48. The van der Waals surface area contributed by atoms with Gasteiger partial charge >= 0.3 is 11.9 Å². The van der Waals surface area contributed by atoms with Crippen molar-refractivity contribution < 1.29 is 38.6 Å². The number of unbranched alkanes of at least 4 members (excludes halogenated alkanes) is 4. The number of hydrogen-bond donors (Lipinski definition) is 3. The minimum absolute atomic E-state index is 0.0144. The summed E-state index contributed by atoms with van der Waals surface area (Å²) in [6, 6.07) is 4.08. The molecule has 2 amide bonds. The smallest absolute Gasteiger partial charge is 0.355 e. The van der Waals surface area contributed by atoms with Crippen LogP contribution in [-0.4, -0.2) is 62.8 Å². The predicted molar refractivity (Wildman–Crippen MR) is 200 cm³/mol. The number of ketones is 1. The number of esters is 2. The molecule has 4 N–H and O–H groups in total. The number of pyridine rings is 1. The first-order valence-electron chi connectivity index (χ1n) is 18.9. The fourth-order valence-corrected chi connectivity index (χ4v) is 7.63. The summed E-state index contributed by atoms with van der Waals surface area (Å²) in [5.41, 5.74) is 9.80. The molecule has 0 unspecified atom stereocenters. The molecule has 0 fully saturated rings. The maximum absolute atomic E-state index is 13.6. The van der Waals surface area contributed by atoms with Crippen LogP contribution < -0.4 is 11.1 Å². The van der Waals surface area contributed by atoms with E-state index in [1.807, 2.05) is 11.0 Å². The largest absolute Gasteiger partial charge is 0.508 e. The number of benzene rings is 1. The molecule has 0 saturated heterocycles. The van der Waals surface area contributed by atoms with E-state index in [0.717, 1.165) is 59.1 Å². The Hall–Kier alpha value is -5.00. The Morgan fingerprint density at radius 3 is 2.57 bits per heavy atom. The number of nitrogens with one attached hydrogen (secondary N) is 1. The van der Waals surface area contributed by atoms with Gasteiger partial charge < -0.3 is 30.5 Å².